The average molecular weight is 887 g/mol. The van der Waals surface area contributed by atoms with Gasteiger partial charge in [0.25, 0.3) is 7.82 Å². The van der Waals surface area contributed by atoms with Crippen molar-refractivity contribution in [2.75, 3.05) is 40.9 Å². The van der Waals surface area contributed by atoms with Crippen molar-refractivity contribution in [2.24, 2.45) is 0 Å². The monoisotopic (exact) mass is 887 g/mol. The van der Waals surface area contributed by atoms with Crippen LogP contribution in [-0.4, -0.2) is 68.5 Å². The van der Waals surface area contributed by atoms with Crippen LogP contribution < -0.4 is 10.2 Å². The summed E-state index contributed by atoms with van der Waals surface area (Å²) in [5, 5.41) is 13.8. The SMILES string of the molecule is CC/C=C\C/C=C\C/C=C\C/C=C\CCCCCCCCCCCCCCCCC(=O)NC(COP(=O)([O-])OCC[N+](C)(C)C)C(O)/C=C/CC/C=C/CC/C=C/CCCCC. The van der Waals surface area contributed by atoms with E-state index in [-0.39, 0.29) is 12.5 Å². The summed E-state index contributed by atoms with van der Waals surface area (Å²) in [6.07, 6.45) is 60.8. The van der Waals surface area contributed by atoms with E-state index in [4.69, 9.17) is 9.05 Å². The van der Waals surface area contributed by atoms with E-state index < -0.39 is 26.6 Å². The van der Waals surface area contributed by atoms with Gasteiger partial charge in [-0.15, -0.1) is 0 Å². The molecule has 0 aromatic rings. The third-order valence-corrected chi connectivity index (χ3v) is 11.5. The fourth-order valence-corrected chi connectivity index (χ4v) is 7.37. The molecule has 62 heavy (non-hydrogen) atoms. The number of nitrogens with zero attached hydrogens (tertiary/aromatic N) is 1. The highest BCUT2D eigenvalue weighted by Gasteiger charge is 2.23. The topological polar surface area (TPSA) is 108 Å². The predicted molar refractivity (Wildman–Crippen MR) is 265 cm³/mol. The van der Waals surface area contributed by atoms with Gasteiger partial charge < -0.3 is 28.8 Å². The fraction of sp³-hybridized carbons (Fsp3) is 0.717. The van der Waals surface area contributed by atoms with Crippen molar-refractivity contribution in [1.82, 2.24) is 5.32 Å². The molecular formula is C53H95N2O6P. The van der Waals surface area contributed by atoms with Gasteiger partial charge in [0.2, 0.25) is 5.91 Å². The molecule has 0 saturated carbocycles. The fourth-order valence-electron chi connectivity index (χ4n) is 6.64. The molecule has 0 aromatic carbocycles. The number of aliphatic hydroxyl groups is 1. The van der Waals surface area contributed by atoms with Crippen molar-refractivity contribution >= 4 is 13.7 Å². The largest absolute Gasteiger partial charge is 0.756 e. The van der Waals surface area contributed by atoms with Crippen molar-refractivity contribution in [1.29, 1.82) is 0 Å². The van der Waals surface area contributed by atoms with Crippen molar-refractivity contribution in [3.8, 4) is 0 Å². The number of phosphoric acid groups is 1. The van der Waals surface area contributed by atoms with Gasteiger partial charge in [0.05, 0.1) is 39.9 Å². The number of rotatable bonds is 44. The molecule has 0 aliphatic heterocycles. The lowest BCUT2D eigenvalue weighted by atomic mass is 10.0. The number of carbonyl (C=O) groups excluding carboxylic acids is 1. The second-order valence-electron chi connectivity index (χ2n) is 17.8. The molecule has 0 aliphatic rings. The van der Waals surface area contributed by atoms with Crippen LogP contribution >= 0.6 is 7.82 Å². The normalized spacial score (nSPS) is 14.9. The third kappa shape index (κ3) is 45.7. The summed E-state index contributed by atoms with van der Waals surface area (Å²) in [7, 11) is 1.22. The van der Waals surface area contributed by atoms with E-state index in [0.717, 1.165) is 77.0 Å². The van der Waals surface area contributed by atoms with Crippen LogP contribution in [0.15, 0.2) is 85.1 Å². The van der Waals surface area contributed by atoms with Gasteiger partial charge in [0.15, 0.2) is 0 Å². The Morgan fingerprint density at radius 2 is 1.00 bits per heavy atom. The van der Waals surface area contributed by atoms with Crippen molar-refractivity contribution < 1.29 is 32.9 Å². The number of hydrogen-bond donors (Lipinski definition) is 2. The summed E-state index contributed by atoms with van der Waals surface area (Å²) < 4.78 is 23.2. The molecule has 0 fully saturated rings. The minimum atomic E-state index is -4.60. The van der Waals surface area contributed by atoms with E-state index in [1.54, 1.807) is 6.08 Å². The summed E-state index contributed by atoms with van der Waals surface area (Å²) in [6.45, 7) is 4.46. The minimum absolute atomic E-state index is 0.0124. The summed E-state index contributed by atoms with van der Waals surface area (Å²) in [5.41, 5.74) is 0. The Hall–Kier alpha value is -2.32. The minimum Gasteiger partial charge on any atom is -0.756 e. The Morgan fingerprint density at radius 1 is 0.581 bits per heavy atom. The van der Waals surface area contributed by atoms with Gasteiger partial charge in [0.1, 0.15) is 13.2 Å². The highest BCUT2D eigenvalue weighted by atomic mass is 31.2. The average Bonchev–Trinajstić information content (AvgIpc) is 3.23. The number of amides is 1. The van der Waals surface area contributed by atoms with Crippen LogP contribution in [-0.2, 0) is 18.4 Å². The Morgan fingerprint density at radius 3 is 1.50 bits per heavy atom. The lowest BCUT2D eigenvalue weighted by Gasteiger charge is -2.29. The number of hydrogen-bond acceptors (Lipinski definition) is 6. The summed E-state index contributed by atoms with van der Waals surface area (Å²) in [4.78, 5) is 25.4. The van der Waals surface area contributed by atoms with E-state index in [0.29, 0.717) is 17.4 Å². The highest BCUT2D eigenvalue weighted by Crippen LogP contribution is 2.38. The first-order chi connectivity index (χ1) is 30.0. The second-order valence-corrected chi connectivity index (χ2v) is 19.2. The van der Waals surface area contributed by atoms with Crippen molar-refractivity contribution in [3.63, 3.8) is 0 Å². The van der Waals surface area contributed by atoms with E-state index in [1.807, 2.05) is 27.2 Å². The van der Waals surface area contributed by atoms with Gasteiger partial charge in [-0.1, -0.05) is 189 Å². The molecule has 0 bridgehead atoms. The Labute approximate surface area is 382 Å². The number of carbonyl (C=O) groups is 1. The van der Waals surface area contributed by atoms with Crippen molar-refractivity contribution in [2.45, 2.75) is 206 Å². The Bertz CT molecular complexity index is 1280. The number of allylic oxidation sites excluding steroid dienone is 13. The van der Waals surface area contributed by atoms with E-state index in [1.165, 1.54) is 96.3 Å². The molecule has 0 rings (SSSR count). The van der Waals surface area contributed by atoms with Gasteiger partial charge >= 0.3 is 0 Å². The first kappa shape index (κ1) is 59.7. The maximum Gasteiger partial charge on any atom is 0.268 e. The first-order valence-electron chi connectivity index (χ1n) is 24.9. The van der Waals surface area contributed by atoms with Crippen LogP contribution in [0.1, 0.15) is 194 Å². The lowest BCUT2D eigenvalue weighted by Crippen LogP contribution is -2.45. The van der Waals surface area contributed by atoms with Crippen LogP contribution in [0.2, 0.25) is 0 Å². The van der Waals surface area contributed by atoms with E-state index in [2.05, 4.69) is 92.1 Å². The molecule has 0 spiro atoms. The summed E-state index contributed by atoms with van der Waals surface area (Å²) in [5.74, 6) is -0.217. The number of quaternary nitrogens is 1. The second kappa shape index (κ2) is 43.9. The van der Waals surface area contributed by atoms with Gasteiger partial charge in [-0.3, -0.25) is 9.36 Å². The summed E-state index contributed by atoms with van der Waals surface area (Å²) in [6, 6.07) is -0.913. The van der Waals surface area contributed by atoms with Crippen LogP contribution in [0, 0.1) is 0 Å². The van der Waals surface area contributed by atoms with Crippen LogP contribution in [0.4, 0.5) is 0 Å². The highest BCUT2D eigenvalue weighted by molar-refractivity contribution is 7.45. The number of nitrogens with one attached hydrogen (secondary N) is 1. The number of phosphoric ester groups is 1. The molecule has 0 saturated heterocycles. The number of unbranched alkanes of at least 4 members (excludes halogenated alkanes) is 19. The molecule has 2 N–H and O–H groups in total. The maximum atomic E-state index is 12.9. The van der Waals surface area contributed by atoms with E-state index >= 15 is 0 Å². The van der Waals surface area contributed by atoms with Gasteiger partial charge in [0, 0.05) is 6.42 Å². The van der Waals surface area contributed by atoms with Crippen LogP contribution in [0.3, 0.4) is 0 Å². The zero-order chi connectivity index (χ0) is 45.7. The Balaban J connectivity index is 4.24. The first-order valence-corrected chi connectivity index (χ1v) is 26.4. The molecule has 9 heteroatoms. The smallest absolute Gasteiger partial charge is 0.268 e. The quantitative estimate of drug-likeness (QED) is 0.0273. The van der Waals surface area contributed by atoms with Crippen molar-refractivity contribution in [3.05, 3.63) is 85.1 Å². The van der Waals surface area contributed by atoms with Gasteiger partial charge in [-0.05, 0) is 83.5 Å². The van der Waals surface area contributed by atoms with Gasteiger partial charge in [-0.2, -0.15) is 0 Å². The Kier molecular flexibility index (Phi) is 42.3. The molecule has 0 heterocycles. The molecule has 3 atom stereocenters. The predicted octanol–water partition coefficient (Wildman–Crippen LogP) is 13.9. The summed E-state index contributed by atoms with van der Waals surface area (Å²) >= 11 is 0. The number of likely N-dealkylation sites (N-methyl/N-ethyl adjacent to an activating group) is 1. The van der Waals surface area contributed by atoms with Gasteiger partial charge in [-0.25, -0.2) is 0 Å². The molecule has 8 nitrogen and oxygen atoms in total. The molecule has 1 amide bonds. The van der Waals surface area contributed by atoms with Crippen LogP contribution in [0.5, 0.6) is 0 Å². The maximum absolute atomic E-state index is 12.9. The molecule has 358 valence electrons. The molecule has 0 aromatic heterocycles. The molecule has 0 aliphatic carbocycles. The lowest BCUT2D eigenvalue weighted by molar-refractivity contribution is -0.870. The van der Waals surface area contributed by atoms with E-state index in [9.17, 15) is 19.4 Å². The molecule has 0 radical (unpaired) electrons. The standard InChI is InChI=1S/C53H95N2O6P/c1-6-8-10-12-14-16-18-20-21-22-23-24-25-26-27-28-29-30-31-32-33-35-37-39-41-43-45-47-53(57)54-51(50-61-62(58,59)60-49-48-55(3,4)5)52(56)46-44-42-40-38-36-34-19-17-15-13-11-9-7-2/h8,10,14-17,20-21,23-24,36,38,44,46,51-52,56H,6-7,9,11-13,18-19,22,25-35,37,39-43,45,47-50H2,1-5H3,(H-,54,57,58,59)/b10-8-,16-14-,17-15+,21-20-,24-23-,38-36+,46-44+. The molecular weight excluding hydrogens is 792 g/mol. The zero-order valence-electron chi connectivity index (χ0n) is 40.5. The van der Waals surface area contributed by atoms with Crippen LogP contribution in [0.25, 0.3) is 0 Å². The third-order valence-electron chi connectivity index (χ3n) is 10.6. The zero-order valence-corrected chi connectivity index (χ0v) is 41.4. The number of aliphatic hydroxyl groups excluding tert-OH is 1. The molecule has 3 unspecified atom stereocenters.